The highest BCUT2D eigenvalue weighted by atomic mass is 16.5. The van der Waals surface area contributed by atoms with Crippen LogP contribution in [0.4, 0.5) is 0 Å². The maximum absolute atomic E-state index is 12.8. The average Bonchev–Trinajstić information content (AvgIpc) is 2.82. The third kappa shape index (κ3) is 5.59. The zero-order valence-electron chi connectivity index (χ0n) is 18.1. The van der Waals surface area contributed by atoms with Crippen molar-refractivity contribution in [2.75, 3.05) is 53.6 Å². The first-order chi connectivity index (χ1) is 15.0. The van der Waals surface area contributed by atoms with Crippen LogP contribution in [0.1, 0.15) is 17.3 Å². The number of piperazine rings is 1. The number of carbonyl (C=O) groups is 2. The molecule has 0 aromatic heterocycles. The Hall–Kier alpha value is -3.42. The van der Waals surface area contributed by atoms with Crippen molar-refractivity contribution in [3.8, 4) is 23.0 Å². The molecule has 0 radical (unpaired) electrons. The van der Waals surface area contributed by atoms with Gasteiger partial charge in [0.15, 0.2) is 18.1 Å². The van der Waals surface area contributed by atoms with Crippen LogP contribution in [-0.2, 0) is 4.79 Å². The number of rotatable bonds is 8. The van der Waals surface area contributed by atoms with Crippen LogP contribution < -0.4 is 18.9 Å². The van der Waals surface area contributed by atoms with Crippen molar-refractivity contribution in [2.45, 2.75) is 6.92 Å². The average molecular weight is 428 g/mol. The van der Waals surface area contributed by atoms with Gasteiger partial charge in [-0.1, -0.05) is 0 Å². The number of benzene rings is 2. The highest BCUT2D eigenvalue weighted by Crippen LogP contribution is 2.28. The highest BCUT2D eigenvalue weighted by Gasteiger charge is 2.25. The van der Waals surface area contributed by atoms with Gasteiger partial charge in [0.2, 0.25) is 0 Å². The number of ether oxygens (including phenoxy) is 4. The molecule has 0 N–H and O–H groups in total. The van der Waals surface area contributed by atoms with Crippen LogP contribution in [0.15, 0.2) is 42.5 Å². The predicted molar refractivity (Wildman–Crippen MR) is 115 cm³/mol. The van der Waals surface area contributed by atoms with Gasteiger partial charge in [0, 0.05) is 31.7 Å². The van der Waals surface area contributed by atoms with Crippen LogP contribution in [0.3, 0.4) is 0 Å². The lowest BCUT2D eigenvalue weighted by atomic mass is 10.1. The van der Waals surface area contributed by atoms with E-state index in [1.54, 1.807) is 47.2 Å². The Morgan fingerprint density at radius 2 is 1.39 bits per heavy atom. The molecule has 8 nitrogen and oxygen atoms in total. The second kappa shape index (κ2) is 10.6. The van der Waals surface area contributed by atoms with Gasteiger partial charge >= 0.3 is 0 Å². The van der Waals surface area contributed by atoms with E-state index in [2.05, 4.69) is 0 Å². The van der Waals surface area contributed by atoms with Gasteiger partial charge in [-0.3, -0.25) is 9.59 Å². The van der Waals surface area contributed by atoms with E-state index in [-0.39, 0.29) is 18.4 Å². The van der Waals surface area contributed by atoms with Crippen LogP contribution in [0, 0.1) is 0 Å². The zero-order chi connectivity index (χ0) is 22.2. The third-order valence-corrected chi connectivity index (χ3v) is 5.05. The summed E-state index contributed by atoms with van der Waals surface area (Å²) in [5.74, 6) is 2.25. The lowest BCUT2D eigenvalue weighted by Gasteiger charge is -2.34. The van der Waals surface area contributed by atoms with Crippen LogP contribution in [0.25, 0.3) is 0 Å². The zero-order valence-corrected chi connectivity index (χ0v) is 18.1. The standard InChI is InChI=1S/C23H28N2O6/c1-4-30-18-6-8-19(9-7-18)31-16-22(26)24-11-13-25(14-12-24)23(27)17-5-10-20(28-2)21(15-17)29-3/h5-10,15H,4,11-14,16H2,1-3H3. The Bertz CT molecular complexity index is 891. The van der Waals surface area contributed by atoms with Crippen LogP contribution in [0.5, 0.6) is 23.0 Å². The van der Waals surface area contributed by atoms with E-state index in [0.29, 0.717) is 55.6 Å². The van der Waals surface area contributed by atoms with Crippen molar-refractivity contribution in [1.29, 1.82) is 0 Å². The van der Waals surface area contributed by atoms with Gasteiger partial charge in [-0.15, -0.1) is 0 Å². The molecule has 0 unspecified atom stereocenters. The molecule has 1 saturated heterocycles. The summed E-state index contributed by atoms with van der Waals surface area (Å²) in [4.78, 5) is 28.8. The summed E-state index contributed by atoms with van der Waals surface area (Å²) in [5.41, 5.74) is 0.524. The van der Waals surface area contributed by atoms with Crippen LogP contribution in [-0.4, -0.2) is 75.2 Å². The molecule has 2 aromatic carbocycles. The quantitative estimate of drug-likeness (QED) is 0.643. The summed E-state index contributed by atoms with van der Waals surface area (Å²) >= 11 is 0. The van der Waals surface area contributed by atoms with E-state index < -0.39 is 0 Å². The van der Waals surface area contributed by atoms with E-state index in [9.17, 15) is 9.59 Å². The molecule has 0 spiro atoms. The normalized spacial score (nSPS) is 13.5. The molecule has 0 atom stereocenters. The molecule has 31 heavy (non-hydrogen) atoms. The van der Waals surface area contributed by atoms with Crippen molar-refractivity contribution in [3.05, 3.63) is 48.0 Å². The smallest absolute Gasteiger partial charge is 0.260 e. The molecule has 0 aliphatic carbocycles. The first-order valence-electron chi connectivity index (χ1n) is 10.2. The third-order valence-electron chi connectivity index (χ3n) is 5.05. The molecular weight excluding hydrogens is 400 g/mol. The number of methoxy groups -OCH3 is 2. The Morgan fingerprint density at radius 1 is 0.806 bits per heavy atom. The molecule has 1 heterocycles. The number of hydrogen-bond acceptors (Lipinski definition) is 6. The summed E-state index contributed by atoms with van der Waals surface area (Å²) in [6.07, 6.45) is 0. The van der Waals surface area contributed by atoms with Crippen molar-refractivity contribution in [2.24, 2.45) is 0 Å². The van der Waals surface area contributed by atoms with E-state index in [1.165, 1.54) is 7.11 Å². The van der Waals surface area contributed by atoms with Crippen LogP contribution >= 0.6 is 0 Å². The summed E-state index contributed by atoms with van der Waals surface area (Å²) in [5, 5.41) is 0. The molecule has 8 heteroatoms. The lowest BCUT2D eigenvalue weighted by molar-refractivity contribution is -0.134. The molecule has 166 valence electrons. The Kier molecular flexibility index (Phi) is 7.59. The number of nitrogens with zero attached hydrogens (tertiary/aromatic N) is 2. The SMILES string of the molecule is CCOc1ccc(OCC(=O)N2CCN(C(=O)c3ccc(OC)c(OC)c3)CC2)cc1. The number of carbonyl (C=O) groups excluding carboxylic acids is 2. The monoisotopic (exact) mass is 428 g/mol. The van der Waals surface area contributed by atoms with Gasteiger partial charge in [0.05, 0.1) is 20.8 Å². The second-order valence-corrected chi connectivity index (χ2v) is 6.94. The molecule has 1 aliphatic rings. The van der Waals surface area contributed by atoms with Gasteiger partial charge in [0.25, 0.3) is 11.8 Å². The Morgan fingerprint density at radius 3 is 1.97 bits per heavy atom. The molecule has 1 aliphatic heterocycles. The number of amides is 2. The minimum Gasteiger partial charge on any atom is -0.494 e. The van der Waals surface area contributed by atoms with E-state index in [1.807, 2.05) is 19.1 Å². The number of hydrogen-bond donors (Lipinski definition) is 0. The minimum absolute atomic E-state index is 0.0440. The summed E-state index contributed by atoms with van der Waals surface area (Å²) in [6, 6.07) is 12.3. The van der Waals surface area contributed by atoms with Crippen molar-refractivity contribution in [3.63, 3.8) is 0 Å². The molecule has 0 saturated carbocycles. The van der Waals surface area contributed by atoms with Gasteiger partial charge in [-0.05, 0) is 49.4 Å². The van der Waals surface area contributed by atoms with Gasteiger partial charge < -0.3 is 28.7 Å². The molecule has 2 aromatic rings. The topological polar surface area (TPSA) is 77.5 Å². The molecule has 3 rings (SSSR count). The molecule has 0 bridgehead atoms. The maximum Gasteiger partial charge on any atom is 0.260 e. The second-order valence-electron chi connectivity index (χ2n) is 6.94. The molecule has 1 fully saturated rings. The van der Waals surface area contributed by atoms with Crippen molar-refractivity contribution >= 4 is 11.8 Å². The highest BCUT2D eigenvalue weighted by molar-refractivity contribution is 5.95. The van der Waals surface area contributed by atoms with Crippen molar-refractivity contribution < 1.29 is 28.5 Å². The molecule has 2 amide bonds. The molecular formula is C23H28N2O6. The largest absolute Gasteiger partial charge is 0.494 e. The van der Waals surface area contributed by atoms with Gasteiger partial charge in [-0.2, -0.15) is 0 Å². The van der Waals surface area contributed by atoms with Gasteiger partial charge in [0.1, 0.15) is 11.5 Å². The first kappa shape index (κ1) is 22.3. The fourth-order valence-electron chi connectivity index (χ4n) is 3.35. The predicted octanol–water partition coefficient (Wildman–Crippen LogP) is 2.47. The van der Waals surface area contributed by atoms with Crippen molar-refractivity contribution in [1.82, 2.24) is 9.80 Å². The minimum atomic E-state index is -0.105. The van der Waals surface area contributed by atoms with E-state index in [0.717, 1.165) is 5.75 Å². The Labute approximate surface area is 182 Å². The maximum atomic E-state index is 12.8. The fourth-order valence-corrected chi connectivity index (χ4v) is 3.35. The summed E-state index contributed by atoms with van der Waals surface area (Å²) in [6.45, 7) is 4.32. The lowest BCUT2D eigenvalue weighted by Crippen LogP contribution is -2.51. The first-order valence-corrected chi connectivity index (χ1v) is 10.2. The van der Waals surface area contributed by atoms with Crippen LogP contribution in [0.2, 0.25) is 0 Å². The van der Waals surface area contributed by atoms with E-state index in [4.69, 9.17) is 18.9 Å². The van der Waals surface area contributed by atoms with Gasteiger partial charge in [-0.25, -0.2) is 0 Å². The Balaban J connectivity index is 1.49. The summed E-state index contributed by atoms with van der Waals surface area (Å²) < 4.78 is 21.5. The van der Waals surface area contributed by atoms with E-state index >= 15 is 0 Å². The summed E-state index contributed by atoms with van der Waals surface area (Å²) in [7, 11) is 3.08. The fraction of sp³-hybridized carbons (Fsp3) is 0.391.